The van der Waals surface area contributed by atoms with E-state index in [1.165, 1.54) is 0 Å². The zero-order valence-corrected chi connectivity index (χ0v) is 4.83. The highest BCUT2D eigenvalue weighted by Crippen LogP contribution is 2.24. The Kier molecular flexibility index (Phi) is 1.48. The van der Waals surface area contributed by atoms with Gasteiger partial charge in [-0.3, -0.25) is 0 Å². The highest BCUT2D eigenvalue weighted by Gasteiger charge is 2.44. The molecule has 1 aliphatic heterocycles. The summed E-state index contributed by atoms with van der Waals surface area (Å²) in [6.07, 6.45) is -3.45. The van der Waals surface area contributed by atoms with E-state index < -0.39 is 11.2 Å². The molecule has 0 fully saturated rings. The first-order valence-electron chi connectivity index (χ1n) is 1.94. The van der Waals surface area contributed by atoms with Crippen LogP contribution in [-0.2, 0) is 0 Å². The van der Waals surface area contributed by atoms with Crippen LogP contribution in [0.3, 0.4) is 0 Å². The van der Waals surface area contributed by atoms with E-state index in [0.717, 1.165) is 6.34 Å². The third kappa shape index (κ3) is 1.44. The minimum Gasteiger partial charge on any atom is -0.162 e. The molecule has 0 atom stereocenters. The van der Waals surface area contributed by atoms with Gasteiger partial charge in [0, 0.05) is 4.40 Å². The summed E-state index contributed by atoms with van der Waals surface area (Å²) >= 11 is 0.344. The van der Waals surface area contributed by atoms with E-state index in [1.807, 2.05) is 0 Å². The van der Waals surface area contributed by atoms with Crippen molar-refractivity contribution in [2.24, 2.45) is 4.99 Å². The van der Waals surface area contributed by atoms with Crippen LogP contribution in [0.1, 0.15) is 0 Å². The second kappa shape index (κ2) is 2.02. The number of rotatable bonds is 0. The molecule has 1 aliphatic rings. The lowest BCUT2D eigenvalue weighted by Gasteiger charge is -1.94. The Morgan fingerprint density at radius 1 is 1.56 bits per heavy atom. The molecule has 6 heteroatoms. The number of hydrogen-bond acceptors (Lipinski definition) is 3. The van der Waals surface area contributed by atoms with Crippen LogP contribution in [0, 0.1) is 0 Å². The van der Waals surface area contributed by atoms with Gasteiger partial charge >= 0.3 is 17.6 Å². The summed E-state index contributed by atoms with van der Waals surface area (Å²) in [6.45, 7) is 0. The molecule has 0 unspecified atom stereocenters. The van der Waals surface area contributed by atoms with Gasteiger partial charge in [0.05, 0.1) is 0 Å². The smallest absolute Gasteiger partial charge is 0.162 e. The van der Waals surface area contributed by atoms with Crippen molar-refractivity contribution in [2.75, 3.05) is 0 Å². The predicted octanol–water partition coefficient (Wildman–Crippen LogP) is 0.973. The first kappa shape index (κ1) is 6.60. The van der Waals surface area contributed by atoms with Crippen LogP contribution >= 0.6 is 11.9 Å². The number of alkyl halides is 3. The SMILES string of the molecule is FC(F)(F)C1=NC=[N+]S1. The first-order chi connectivity index (χ1) is 4.11. The van der Waals surface area contributed by atoms with Gasteiger partial charge in [0.1, 0.15) is 0 Å². The van der Waals surface area contributed by atoms with E-state index in [4.69, 9.17) is 0 Å². The standard InChI is InChI=1S/C3HF3N2S/c4-3(5,6)2-7-1-8-9-2/h1H/q+1. The highest BCUT2D eigenvalue weighted by molar-refractivity contribution is 8.12. The van der Waals surface area contributed by atoms with Crippen LogP contribution in [0.4, 0.5) is 13.2 Å². The zero-order chi connectivity index (χ0) is 6.91. The molecule has 0 saturated heterocycles. The van der Waals surface area contributed by atoms with Crippen LogP contribution in [0.5, 0.6) is 0 Å². The molecule has 0 aliphatic carbocycles. The summed E-state index contributed by atoms with van der Waals surface area (Å²) in [6, 6.07) is 0. The van der Waals surface area contributed by atoms with Crippen LogP contribution in [0.25, 0.3) is 0 Å². The molecule has 49 valence electrons. The van der Waals surface area contributed by atoms with Gasteiger partial charge in [-0.2, -0.15) is 13.2 Å². The van der Waals surface area contributed by atoms with Crippen LogP contribution in [0.2, 0.25) is 0 Å². The molecule has 1 rings (SSSR count). The van der Waals surface area contributed by atoms with Crippen molar-refractivity contribution in [3.8, 4) is 0 Å². The molecular weight excluding hydrogens is 153 g/mol. The summed E-state index contributed by atoms with van der Waals surface area (Å²) in [4.78, 5) is 2.97. The minimum absolute atomic E-state index is 0.344. The highest BCUT2D eigenvalue weighted by atomic mass is 32.2. The molecule has 9 heavy (non-hydrogen) atoms. The van der Waals surface area contributed by atoms with Crippen molar-refractivity contribution in [1.82, 2.24) is 4.40 Å². The lowest BCUT2D eigenvalue weighted by Crippen LogP contribution is -2.17. The molecule has 0 N–H and O–H groups in total. The molecule has 1 heterocycles. The zero-order valence-electron chi connectivity index (χ0n) is 4.01. The number of nitrogens with zero attached hydrogens (tertiary/aromatic N) is 2. The van der Waals surface area contributed by atoms with Crippen LogP contribution in [-0.4, -0.2) is 17.6 Å². The maximum atomic E-state index is 11.5. The second-order valence-electron chi connectivity index (χ2n) is 1.24. The Hall–Kier alpha value is -0.520. The van der Waals surface area contributed by atoms with Crippen molar-refractivity contribution in [1.29, 1.82) is 0 Å². The molecule has 0 saturated carbocycles. The summed E-state index contributed by atoms with van der Waals surface area (Å²) < 4.78 is 37.8. The predicted molar refractivity (Wildman–Crippen MR) is 29.3 cm³/mol. The van der Waals surface area contributed by atoms with Crippen molar-refractivity contribution >= 4 is 23.3 Å². The monoisotopic (exact) mass is 154 g/mol. The average Bonchev–Trinajstić information content (AvgIpc) is 2.08. The van der Waals surface area contributed by atoms with Gasteiger partial charge < -0.3 is 0 Å². The number of halogens is 3. The van der Waals surface area contributed by atoms with Crippen molar-refractivity contribution in [2.45, 2.75) is 6.18 Å². The molecule has 0 spiro atoms. The summed E-state index contributed by atoms with van der Waals surface area (Å²) in [5.74, 6) is 0. The third-order valence-electron chi connectivity index (χ3n) is 0.604. The topological polar surface area (TPSA) is 26.5 Å². The van der Waals surface area contributed by atoms with Gasteiger partial charge in [0.15, 0.2) is 0 Å². The molecule has 0 aromatic heterocycles. The van der Waals surface area contributed by atoms with Gasteiger partial charge in [-0.1, -0.05) is 0 Å². The quantitative estimate of drug-likeness (QED) is 0.477. The molecule has 2 nitrogen and oxygen atoms in total. The van der Waals surface area contributed by atoms with E-state index in [-0.39, 0.29) is 0 Å². The Morgan fingerprint density at radius 3 is 2.44 bits per heavy atom. The molecule has 1 radical (unpaired) electrons. The first-order valence-corrected chi connectivity index (χ1v) is 2.72. The molecule has 0 amide bonds. The van der Waals surface area contributed by atoms with Gasteiger partial charge in [0.25, 0.3) is 0 Å². The van der Waals surface area contributed by atoms with Gasteiger partial charge in [-0.15, -0.1) is 0 Å². The molecule has 0 aromatic carbocycles. The second-order valence-corrected chi connectivity index (χ2v) is 2.02. The van der Waals surface area contributed by atoms with E-state index >= 15 is 0 Å². The average molecular weight is 154 g/mol. The van der Waals surface area contributed by atoms with Gasteiger partial charge in [0.2, 0.25) is 11.9 Å². The fourth-order valence-electron chi connectivity index (χ4n) is 0.298. The summed E-state index contributed by atoms with van der Waals surface area (Å²) in [5.41, 5.74) is 0. The van der Waals surface area contributed by atoms with Crippen LogP contribution < -0.4 is 4.40 Å². The fraction of sp³-hybridized carbons (Fsp3) is 0.333. The fourth-order valence-corrected chi connectivity index (χ4v) is 0.690. The lowest BCUT2D eigenvalue weighted by atomic mass is 10.7. The Bertz CT molecular complexity index is 170. The maximum absolute atomic E-state index is 11.5. The summed E-state index contributed by atoms with van der Waals surface area (Å²) in [5, 5.41) is -0.900. The molecular formula is C3HF3N2S+. The van der Waals surface area contributed by atoms with Crippen molar-refractivity contribution in [3.05, 3.63) is 0 Å². The normalized spacial score (nSPS) is 18.3. The summed E-state index contributed by atoms with van der Waals surface area (Å²) in [7, 11) is 0. The third-order valence-corrected chi connectivity index (χ3v) is 1.31. The molecule has 0 aromatic rings. The largest absolute Gasteiger partial charge is 0.468 e. The van der Waals surface area contributed by atoms with Gasteiger partial charge in [-0.05, 0) is 4.99 Å². The number of hydrogen-bond donors (Lipinski definition) is 0. The molecule has 0 bridgehead atoms. The van der Waals surface area contributed by atoms with Crippen molar-refractivity contribution < 1.29 is 13.2 Å². The lowest BCUT2D eigenvalue weighted by molar-refractivity contribution is -0.0552. The number of aliphatic imine (C=N–C) groups is 1. The van der Waals surface area contributed by atoms with Crippen molar-refractivity contribution in [3.63, 3.8) is 0 Å². The van der Waals surface area contributed by atoms with E-state index in [0.29, 0.717) is 11.9 Å². The van der Waals surface area contributed by atoms with Crippen LogP contribution in [0.15, 0.2) is 4.99 Å². The minimum atomic E-state index is -4.33. The Labute approximate surface area is 53.0 Å². The van der Waals surface area contributed by atoms with E-state index in [9.17, 15) is 13.2 Å². The van der Waals surface area contributed by atoms with E-state index in [1.54, 1.807) is 0 Å². The van der Waals surface area contributed by atoms with Gasteiger partial charge in [-0.25, -0.2) is 0 Å². The van der Waals surface area contributed by atoms with E-state index in [2.05, 4.69) is 9.39 Å². The Balaban J connectivity index is 2.66. The maximum Gasteiger partial charge on any atom is 0.468 e. The Morgan fingerprint density at radius 2 is 2.22 bits per heavy atom.